The van der Waals surface area contributed by atoms with Crippen LogP contribution in [-0.2, 0) is 0 Å². The van der Waals surface area contributed by atoms with Crippen LogP contribution in [0.4, 0.5) is 23.4 Å². The minimum atomic E-state index is 0.607. The minimum Gasteiger partial charge on any atom is -0.340 e. The number of aromatic nitrogens is 4. The Kier molecular flexibility index (Phi) is 4.97. The molecule has 1 aliphatic rings. The van der Waals surface area contributed by atoms with Gasteiger partial charge in [0, 0.05) is 56.0 Å². The second-order valence-corrected chi connectivity index (χ2v) is 6.54. The molecule has 3 aromatic rings. The Hall–Kier alpha value is -3.73. The van der Waals surface area contributed by atoms with Crippen molar-refractivity contribution in [2.45, 2.75) is 6.92 Å². The normalized spacial score (nSPS) is 13.9. The molecule has 28 heavy (non-hydrogen) atoms. The van der Waals surface area contributed by atoms with E-state index in [-0.39, 0.29) is 0 Å². The van der Waals surface area contributed by atoms with Gasteiger partial charge in [-0.2, -0.15) is 10.2 Å². The number of piperazine rings is 1. The third-order valence-corrected chi connectivity index (χ3v) is 4.50. The number of rotatable bonds is 4. The topological polar surface area (TPSA) is 93.9 Å². The van der Waals surface area contributed by atoms with Crippen LogP contribution in [0.25, 0.3) is 0 Å². The highest BCUT2D eigenvalue weighted by molar-refractivity contribution is 5.60. The highest BCUT2D eigenvalue weighted by atomic mass is 15.4. The highest BCUT2D eigenvalue weighted by Crippen LogP contribution is 2.21. The average Bonchev–Trinajstić information content (AvgIpc) is 2.74. The molecule has 0 aliphatic carbocycles. The van der Waals surface area contributed by atoms with Crippen LogP contribution < -0.4 is 15.1 Å². The molecule has 1 N–H and O–H groups in total. The zero-order chi connectivity index (χ0) is 19.3. The third-order valence-electron chi connectivity index (χ3n) is 4.50. The molecule has 3 heterocycles. The second-order valence-electron chi connectivity index (χ2n) is 6.54. The van der Waals surface area contributed by atoms with Gasteiger partial charge in [0.25, 0.3) is 0 Å². The molecule has 8 nitrogen and oxygen atoms in total. The van der Waals surface area contributed by atoms with Gasteiger partial charge >= 0.3 is 0 Å². The largest absolute Gasteiger partial charge is 0.340 e. The Labute approximate surface area is 163 Å². The molecule has 8 heteroatoms. The van der Waals surface area contributed by atoms with E-state index in [2.05, 4.69) is 41.1 Å². The maximum Gasteiger partial charge on any atom is 0.227 e. The van der Waals surface area contributed by atoms with Gasteiger partial charge in [0.15, 0.2) is 0 Å². The third kappa shape index (κ3) is 3.99. The van der Waals surface area contributed by atoms with Crippen molar-refractivity contribution in [1.82, 2.24) is 19.9 Å². The second kappa shape index (κ2) is 7.88. The number of nitriles is 1. The van der Waals surface area contributed by atoms with E-state index in [1.54, 1.807) is 24.5 Å². The summed E-state index contributed by atoms with van der Waals surface area (Å²) in [4.78, 5) is 22.3. The molecule has 1 aliphatic heterocycles. The van der Waals surface area contributed by atoms with E-state index in [1.807, 2.05) is 31.2 Å². The van der Waals surface area contributed by atoms with Crippen molar-refractivity contribution < 1.29 is 0 Å². The summed E-state index contributed by atoms with van der Waals surface area (Å²) in [7, 11) is 0. The number of benzene rings is 1. The van der Waals surface area contributed by atoms with Crippen molar-refractivity contribution in [3.05, 3.63) is 60.0 Å². The minimum absolute atomic E-state index is 0.607. The smallest absolute Gasteiger partial charge is 0.227 e. The molecule has 0 saturated carbocycles. The first-order valence-corrected chi connectivity index (χ1v) is 9.11. The lowest BCUT2D eigenvalue weighted by Crippen LogP contribution is -2.47. The molecule has 0 amide bonds. The maximum atomic E-state index is 9.07. The van der Waals surface area contributed by atoms with Crippen LogP contribution in [0.1, 0.15) is 11.3 Å². The van der Waals surface area contributed by atoms with E-state index in [4.69, 9.17) is 5.26 Å². The lowest BCUT2D eigenvalue weighted by Gasteiger charge is -2.34. The van der Waals surface area contributed by atoms with E-state index in [0.717, 1.165) is 43.5 Å². The first-order valence-electron chi connectivity index (χ1n) is 9.11. The number of anilines is 4. The van der Waals surface area contributed by atoms with Gasteiger partial charge in [-0.1, -0.05) is 6.07 Å². The summed E-state index contributed by atoms with van der Waals surface area (Å²) in [5, 5.41) is 12.3. The molecule has 4 rings (SSSR count). The predicted octanol–water partition coefficient (Wildman–Crippen LogP) is 2.52. The molecule has 0 spiro atoms. The van der Waals surface area contributed by atoms with Crippen molar-refractivity contribution in [2.24, 2.45) is 0 Å². The van der Waals surface area contributed by atoms with Gasteiger partial charge < -0.3 is 15.1 Å². The van der Waals surface area contributed by atoms with Gasteiger partial charge in [0.1, 0.15) is 5.82 Å². The summed E-state index contributed by atoms with van der Waals surface area (Å²) in [6.45, 7) is 5.18. The molecule has 1 saturated heterocycles. The molecule has 1 aromatic carbocycles. The SMILES string of the molecule is Cc1cc(Nc2cccc(C#N)c2)nc(N2CCN(c3ncccn3)CC2)n1. The lowest BCUT2D eigenvalue weighted by molar-refractivity contribution is 0.627. The Morgan fingerprint density at radius 1 is 0.929 bits per heavy atom. The van der Waals surface area contributed by atoms with Crippen molar-refractivity contribution >= 4 is 23.4 Å². The predicted molar refractivity (Wildman–Crippen MR) is 108 cm³/mol. The lowest BCUT2D eigenvalue weighted by atomic mass is 10.2. The monoisotopic (exact) mass is 372 g/mol. The summed E-state index contributed by atoms with van der Waals surface area (Å²) >= 11 is 0. The van der Waals surface area contributed by atoms with Gasteiger partial charge in [-0.3, -0.25) is 0 Å². The van der Waals surface area contributed by atoms with E-state index in [1.165, 1.54) is 0 Å². The number of hydrogen-bond acceptors (Lipinski definition) is 8. The summed E-state index contributed by atoms with van der Waals surface area (Å²) in [5.41, 5.74) is 2.32. The van der Waals surface area contributed by atoms with Crippen molar-refractivity contribution in [1.29, 1.82) is 5.26 Å². The van der Waals surface area contributed by atoms with Gasteiger partial charge in [0.2, 0.25) is 11.9 Å². The maximum absolute atomic E-state index is 9.07. The average molecular weight is 372 g/mol. The number of aryl methyl sites for hydroxylation is 1. The Morgan fingerprint density at radius 2 is 1.64 bits per heavy atom. The van der Waals surface area contributed by atoms with Crippen LogP contribution in [-0.4, -0.2) is 46.1 Å². The first-order chi connectivity index (χ1) is 13.7. The Morgan fingerprint density at radius 3 is 2.36 bits per heavy atom. The molecule has 0 unspecified atom stereocenters. The molecule has 0 radical (unpaired) electrons. The zero-order valence-corrected chi connectivity index (χ0v) is 15.6. The van der Waals surface area contributed by atoms with E-state index in [9.17, 15) is 0 Å². The van der Waals surface area contributed by atoms with Crippen molar-refractivity contribution in [2.75, 3.05) is 41.3 Å². The molecular formula is C20H20N8. The van der Waals surface area contributed by atoms with Crippen LogP contribution in [0.2, 0.25) is 0 Å². The van der Waals surface area contributed by atoms with Crippen LogP contribution in [0.5, 0.6) is 0 Å². The quantitative estimate of drug-likeness (QED) is 0.747. The van der Waals surface area contributed by atoms with Gasteiger partial charge in [-0.15, -0.1) is 0 Å². The van der Waals surface area contributed by atoms with E-state index in [0.29, 0.717) is 17.3 Å². The molecule has 0 bridgehead atoms. The number of hydrogen-bond donors (Lipinski definition) is 1. The van der Waals surface area contributed by atoms with E-state index >= 15 is 0 Å². The van der Waals surface area contributed by atoms with Gasteiger partial charge in [-0.25, -0.2) is 15.0 Å². The summed E-state index contributed by atoms with van der Waals surface area (Å²) in [6, 6.07) is 13.2. The summed E-state index contributed by atoms with van der Waals surface area (Å²) in [6.07, 6.45) is 3.52. The van der Waals surface area contributed by atoms with Crippen LogP contribution in [0.15, 0.2) is 48.8 Å². The molecule has 1 fully saturated rings. The molecular weight excluding hydrogens is 352 g/mol. The van der Waals surface area contributed by atoms with Crippen LogP contribution in [0.3, 0.4) is 0 Å². The zero-order valence-electron chi connectivity index (χ0n) is 15.6. The highest BCUT2D eigenvalue weighted by Gasteiger charge is 2.21. The number of nitrogens with zero attached hydrogens (tertiary/aromatic N) is 7. The summed E-state index contributed by atoms with van der Waals surface area (Å²) in [5.74, 6) is 2.17. The fourth-order valence-electron chi connectivity index (χ4n) is 3.13. The Bertz CT molecular complexity index is 991. The molecule has 2 aromatic heterocycles. The summed E-state index contributed by atoms with van der Waals surface area (Å²) < 4.78 is 0. The van der Waals surface area contributed by atoms with Crippen LogP contribution in [0, 0.1) is 18.3 Å². The van der Waals surface area contributed by atoms with Crippen LogP contribution >= 0.6 is 0 Å². The molecule has 140 valence electrons. The fraction of sp³-hybridized carbons (Fsp3) is 0.250. The fourth-order valence-corrected chi connectivity index (χ4v) is 3.13. The van der Waals surface area contributed by atoms with Crippen molar-refractivity contribution in [3.63, 3.8) is 0 Å². The van der Waals surface area contributed by atoms with Crippen molar-refractivity contribution in [3.8, 4) is 6.07 Å². The number of nitrogens with one attached hydrogen (secondary N) is 1. The van der Waals surface area contributed by atoms with Gasteiger partial charge in [-0.05, 0) is 31.2 Å². The first kappa shape index (κ1) is 17.7. The van der Waals surface area contributed by atoms with Gasteiger partial charge in [0.05, 0.1) is 11.6 Å². The Balaban J connectivity index is 1.48. The van der Waals surface area contributed by atoms with E-state index < -0.39 is 0 Å². The standard InChI is InChI=1S/C20H20N8/c1-15-12-18(25-17-5-2-4-16(13-17)14-21)26-20(24-15)28-10-8-27(9-11-28)19-22-6-3-7-23-19/h2-7,12-13H,8-11H2,1H3,(H,24,25,26). The molecule has 0 atom stereocenters.